The average molecular weight is 1230 g/mol. The van der Waals surface area contributed by atoms with Crippen molar-refractivity contribution in [1.29, 1.82) is 0 Å². The van der Waals surface area contributed by atoms with Crippen molar-refractivity contribution in [3.63, 3.8) is 0 Å². The highest BCUT2D eigenvalue weighted by Gasteiger charge is 2.44. The molecule has 0 unspecified atom stereocenters. The number of carbonyl (C=O) groups is 2. The predicted octanol–water partition coefficient (Wildman–Crippen LogP) is 6.70. The number of benzene rings is 2. The van der Waals surface area contributed by atoms with Crippen molar-refractivity contribution in [2.75, 3.05) is 115 Å². The van der Waals surface area contributed by atoms with Crippen LogP contribution in [0, 0.1) is 5.82 Å². The van der Waals surface area contributed by atoms with Gasteiger partial charge in [0.2, 0.25) is 11.9 Å². The standard InChI is InChI=1S/C64H86FN13O9S/c1-41-33-76(37-56(79)78-39-64(10,11)57-53(78)27-45(59(80)72(57)12)26-44-14-16-46(65)17-15-44)47(35-77(41)61(81)87-62(4,5)6)34-74-23-25-84-49(36-74)38-86-48-30-67-60(68-31-48)75-21-19-73(20-22-75)18-13-24-85-54-29-51-50(28-55(54)88(82,83)63(7,8)9)58(70-40-69-51)71-52-32-66-43(3)42(52)2/h14-17,27-31,40-41,47,49,66H,13,18-26,32-39H2,1-12H3/t41-,47+,49-/m1/s1. The molecule has 0 spiro atoms. The second-order valence-corrected chi connectivity index (χ2v) is 29.3. The molecule has 22 nitrogen and oxygen atoms in total. The van der Waals surface area contributed by atoms with Crippen molar-refractivity contribution in [1.82, 2.24) is 49.4 Å². The van der Waals surface area contributed by atoms with E-state index >= 15 is 0 Å². The van der Waals surface area contributed by atoms with Crippen molar-refractivity contribution >= 4 is 55.9 Å². The number of hydrogen-bond donors (Lipinski definition) is 1. The second kappa shape index (κ2) is 25.8. The number of aliphatic imine (C=N–C) groups is 1. The molecule has 0 bridgehead atoms. The SMILES string of the molecule is CC1=C(C)C(=Nc2ncnc3cc(OCCCN4CCN(c5ncc(OC[C@H]6CN(C[C@H]7CN(C(=O)OC(C)(C)C)[C@H](C)CN7CC(=O)N7CC(C)(C)c8c7cc(Cc7ccc(F)cc7)c(=O)n8C)CCO6)cn5)CC4)c(S(=O)(=O)C(C)(C)C)cc23)CN1. The van der Waals surface area contributed by atoms with Gasteiger partial charge in [0, 0.05) is 126 Å². The van der Waals surface area contributed by atoms with E-state index in [9.17, 15) is 27.2 Å². The van der Waals surface area contributed by atoms with Gasteiger partial charge in [-0.05, 0) is 104 Å². The van der Waals surface area contributed by atoms with Crippen LogP contribution in [-0.2, 0) is 43.0 Å². The Hall–Kier alpha value is -7.12. The van der Waals surface area contributed by atoms with Crippen LogP contribution in [0.15, 0.2) is 87.1 Å². The minimum absolute atomic E-state index is 0.0931. The molecule has 0 radical (unpaired) electrons. The lowest BCUT2D eigenvalue weighted by molar-refractivity contribution is -0.122. The third-order valence-corrected chi connectivity index (χ3v) is 19.8. The Balaban J connectivity index is 0.726. The molecule has 1 N–H and O–H groups in total. The molecular formula is C64H86FN13O9S. The summed E-state index contributed by atoms with van der Waals surface area (Å²) in [7, 11) is -2.07. The number of pyridine rings is 1. The molecule has 3 saturated heterocycles. The number of halogens is 1. The lowest BCUT2D eigenvalue weighted by Gasteiger charge is -2.47. The van der Waals surface area contributed by atoms with Crippen LogP contribution < -0.4 is 30.1 Å². The number of carbonyl (C=O) groups excluding carboxylic acids is 2. The Kier molecular flexibility index (Phi) is 18.7. The molecule has 3 aromatic heterocycles. The summed E-state index contributed by atoms with van der Waals surface area (Å²) in [6, 6.07) is 10.8. The summed E-state index contributed by atoms with van der Waals surface area (Å²) >= 11 is 0. The number of nitrogens with zero attached hydrogens (tertiary/aromatic N) is 12. The van der Waals surface area contributed by atoms with Gasteiger partial charge in [-0.3, -0.25) is 24.3 Å². The first-order valence-corrected chi connectivity index (χ1v) is 32.0. The van der Waals surface area contributed by atoms with Crippen LogP contribution in [-0.4, -0.2) is 204 Å². The topological polar surface area (TPSA) is 223 Å². The fraction of sp³-hybridized carbons (Fsp3) is 0.562. The van der Waals surface area contributed by atoms with Crippen molar-refractivity contribution < 1.29 is 41.3 Å². The van der Waals surface area contributed by atoms with Crippen molar-refractivity contribution in [2.24, 2.45) is 12.0 Å². The first-order valence-electron chi connectivity index (χ1n) is 30.6. The molecule has 24 heteroatoms. The monoisotopic (exact) mass is 1230 g/mol. The van der Waals surface area contributed by atoms with Crippen LogP contribution in [0.4, 0.5) is 26.6 Å². The molecule has 88 heavy (non-hydrogen) atoms. The Bertz CT molecular complexity index is 3630. The van der Waals surface area contributed by atoms with E-state index in [1.165, 1.54) is 18.5 Å². The van der Waals surface area contributed by atoms with E-state index < -0.39 is 31.7 Å². The molecular weight excluding hydrogens is 1150 g/mol. The summed E-state index contributed by atoms with van der Waals surface area (Å²) in [5.41, 5.74) is 4.92. The van der Waals surface area contributed by atoms with Crippen LogP contribution in [0.1, 0.15) is 99.4 Å². The molecule has 3 fully saturated rings. The molecule has 0 saturated carbocycles. The van der Waals surface area contributed by atoms with Gasteiger partial charge in [0.05, 0.1) is 66.1 Å². The average Bonchev–Trinajstić information content (AvgIpc) is 1.67. The van der Waals surface area contributed by atoms with Crippen LogP contribution in [0.5, 0.6) is 11.5 Å². The summed E-state index contributed by atoms with van der Waals surface area (Å²) in [5.74, 6) is 1.35. The lowest BCUT2D eigenvalue weighted by Crippen LogP contribution is -2.64. The highest BCUT2D eigenvalue weighted by molar-refractivity contribution is 7.92. The molecule has 8 heterocycles. The third kappa shape index (κ3) is 14.3. The highest BCUT2D eigenvalue weighted by atomic mass is 32.2. The number of amides is 2. The molecule has 2 aromatic carbocycles. The summed E-state index contributed by atoms with van der Waals surface area (Å²) in [5, 5.41) is 3.85. The fourth-order valence-electron chi connectivity index (χ4n) is 12.3. The third-order valence-electron chi connectivity index (χ3n) is 17.3. The van der Waals surface area contributed by atoms with Gasteiger partial charge in [0.1, 0.15) is 41.1 Å². The number of ether oxygens (including phenoxy) is 4. The molecule has 3 atom stereocenters. The summed E-state index contributed by atoms with van der Waals surface area (Å²) < 4.78 is 67.1. The first kappa shape index (κ1) is 63.9. The highest BCUT2D eigenvalue weighted by Crippen LogP contribution is 2.41. The van der Waals surface area contributed by atoms with E-state index in [-0.39, 0.29) is 59.3 Å². The number of rotatable bonds is 17. The number of nitrogens with one attached hydrogen (secondary N) is 1. The van der Waals surface area contributed by atoms with Gasteiger partial charge in [0.25, 0.3) is 5.56 Å². The van der Waals surface area contributed by atoms with Crippen molar-refractivity contribution in [3.8, 4) is 11.5 Å². The van der Waals surface area contributed by atoms with Gasteiger partial charge in [-0.2, -0.15) is 0 Å². The minimum atomic E-state index is -3.83. The summed E-state index contributed by atoms with van der Waals surface area (Å²) in [6.07, 6.45) is 5.12. The number of sulfone groups is 1. The fourth-order valence-corrected chi connectivity index (χ4v) is 13.6. The molecule has 474 valence electrons. The Morgan fingerprint density at radius 1 is 0.909 bits per heavy atom. The normalized spacial score (nSPS) is 21.1. The van der Waals surface area contributed by atoms with Gasteiger partial charge in [-0.25, -0.2) is 42.5 Å². The van der Waals surface area contributed by atoms with Gasteiger partial charge in [-0.1, -0.05) is 26.0 Å². The van der Waals surface area contributed by atoms with Gasteiger partial charge in [0.15, 0.2) is 21.4 Å². The van der Waals surface area contributed by atoms with E-state index in [4.69, 9.17) is 23.9 Å². The van der Waals surface area contributed by atoms with Crippen LogP contribution in [0.2, 0.25) is 0 Å². The number of allylic oxidation sites excluding steroid dienone is 1. The summed E-state index contributed by atoms with van der Waals surface area (Å²) in [4.78, 5) is 78.0. The van der Waals surface area contributed by atoms with Crippen LogP contribution in [0.3, 0.4) is 0 Å². The number of piperazine rings is 2. The largest absolute Gasteiger partial charge is 0.492 e. The molecule has 5 aliphatic heterocycles. The quantitative estimate of drug-likeness (QED) is 0.0957. The van der Waals surface area contributed by atoms with Crippen LogP contribution in [0.25, 0.3) is 10.9 Å². The maximum absolute atomic E-state index is 14.8. The van der Waals surface area contributed by atoms with Crippen molar-refractivity contribution in [2.45, 2.75) is 128 Å². The molecule has 0 aliphatic carbocycles. The molecule has 2 amide bonds. The Labute approximate surface area is 516 Å². The first-order chi connectivity index (χ1) is 41.6. The second-order valence-electron chi connectivity index (χ2n) is 26.6. The maximum atomic E-state index is 14.8. The zero-order valence-electron chi connectivity index (χ0n) is 53.1. The number of anilines is 2. The Morgan fingerprint density at radius 2 is 1.64 bits per heavy atom. The molecule has 5 aliphatic rings. The maximum Gasteiger partial charge on any atom is 0.410 e. The van der Waals surface area contributed by atoms with E-state index in [0.29, 0.717) is 112 Å². The zero-order chi connectivity index (χ0) is 63.0. The smallest absolute Gasteiger partial charge is 0.410 e. The number of aromatic nitrogens is 5. The zero-order valence-corrected chi connectivity index (χ0v) is 53.9. The minimum Gasteiger partial charge on any atom is -0.492 e. The lowest BCUT2D eigenvalue weighted by atomic mass is 9.90. The van der Waals surface area contributed by atoms with Gasteiger partial charge in [-0.15, -0.1) is 0 Å². The van der Waals surface area contributed by atoms with E-state index in [1.807, 2.05) is 61.5 Å². The van der Waals surface area contributed by atoms with Gasteiger partial charge < -0.3 is 43.5 Å². The number of morpholine rings is 1. The summed E-state index contributed by atoms with van der Waals surface area (Å²) in [6.45, 7) is 29.1. The van der Waals surface area contributed by atoms with Gasteiger partial charge >= 0.3 is 6.09 Å². The van der Waals surface area contributed by atoms with Crippen molar-refractivity contribution in [3.05, 3.63) is 105 Å². The number of fused-ring (bicyclic) bond motifs is 2. The van der Waals surface area contributed by atoms with E-state index in [1.54, 1.807) is 78.8 Å². The molecule has 5 aromatic rings. The predicted molar refractivity (Wildman–Crippen MR) is 336 cm³/mol. The molecule has 10 rings (SSSR count). The van der Waals surface area contributed by atoms with Crippen LogP contribution >= 0.6 is 0 Å². The van der Waals surface area contributed by atoms with E-state index in [2.05, 4.69) is 44.9 Å². The Morgan fingerprint density at radius 3 is 2.32 bits per heavy atom. The number of hydrogen-bond acceptors (Lipinski definition) is 19. The van der Waals surface area contributed by atoms with E-state index in [0.717, 1.165) is 61.0 Å².